The number of nitrogens with zero attached hydrogens (tertiary/aromatic N) is 2. The van der Waals surface area contributed by atoms with Crippen LogP contribution >= 0.6 is 0 Å². The number of imidazole rings is 1. The van der Waals surface area contributed by atoms with Crippen LogP contribution in [0.25, 0.3) is 0 Å². The van der Waals surface area contributed by atoms with Crippen LogP contribution < -0.4 is 4.84 Å². The lowest BCUT2D eigenvalue weighted by atomic mass is 10.0. The van der Waals surface area contributed by atoms with Crippen molar-refractivity contribution in [3.8, 4) is 0 Å². The minimum Gasteiger partial charge on any atom is -0.336 e. The summed E-state index contributed by atoms with van der Waals surface area (Å²) in [5, 5.41) is 0. The molecule has 1 rings (SSSR count). The lowest BCUT2D eigenvalue weighted by molar-refractivity contribution is -0.144. The van der Waals surface area contributed by atoms with Crippen LogP contribution in [0, 0.1) is 5.92 Å². The summed E-state index contributed by atoms with van der Waals surface area (Å²) in [6, 6.07) is 0. The summed E-state index contributed by atoms with van der Waals surface area (Å²) in [5.41, 5.74) is 0. The van der Waals surface area contributed by atoms with Gasteiger partial charge in [0.25, 0.3) is 0 Å². The lowest BCUT2D eigenvalue weighted by Crippen LogP contribution is -2.18. The number of carbonyl (C=O) groups is 1. The first kappa shape index (κ1) is 11.8. The monoisotopic (exact) mass is 210 g/mol. The molecule has 4 heteroatoms. The van der Waals surface area contributed by atoms with E-state index in [0.29, 0.717) is 12.3 Å². The summed E-state index contributed by atoms with van der Waals surface area (Å²) in [7, 11) is 0. The summed E-state index contributed by atoms with van der Waals surface area (Å²) in [4.78, 5) is 20.1. The normalized spacial score (nSPS) is 12.4. The molecule has 1 aromatic heterocycles. The maximum atomic E-state index is 11.3. The van der Waals surface area contributed by atoms with Crippen molar-refractivity contribution < 1.29 is 9.63 Å². The highest BCUT2D eigenvalue weighted by Gasteiger charge is 2.07. The Kier molecular flexibility index (Phi) is 4.87. The minimum absolute atomic E-state index is 0.198. The predicted molar refractivity (Wildman–Crippen MR) is 57.1 cm³/mol. The number of hydrogen-bond acceptors (Lipinski definition) is 3. The van der Waals surface area contributed by atoms with E-state index in [2.05, 4.69) is 18.8 Å². The Morgan fingerprint density at radius 3 is 2.93 bits per heavy atom. The molecule has 0 aromatic carbocycles. The molecule has 1 unspecified atom stereocenters. The topological polar surface area (TPSA) is 44.1 Å². The summed E-state index contributed by atoms with van der Waals surface area (Å²) < 4.78 is 1.33. The maximum absolute atomic E-state index is 11.3. The van der Waals surface area contributed by atoms with Gasteiger partial charge >= 0.3 is 5.97 Å². The minimum atomic E-state index is -0.198. The van der Waals surface area contributed by atoms with Gasteiger partial charge in [0.05, 0.1) is 6.20 Å². The lowest BCUT2D eigenvalue weighted by Gasteiger charge is -2.08. The largest absolute Gasteiger partial charge is 0.336 e. The van der Waals surface area contributed by atoms with Gasteiger partial charge in [-0.3, -0.25) is 0 Å². The first-order chi connectivity index (χ1) is 7.22. The number of hydrogen-bond donors (Lipinski definition) is 0. The predicted octanol–water partition coefficient (Wildman–Crippen LogP) is 2.05. The van der Waals surface area contributed by atoms with Crippen molar-refractivity contribution in [1.82, 2.24) is 9.71 Å². The molecule has 0 aliphatic heterocycles. The highest BCUT2D eigenvalue weighted by atomic mass is 16.7. The number of aromatic nitrogens is 2. The Balaban J connectivity index is 2.19. The molecule has 15 heavy (non-hydrogen) atoms. The van der Waals surface area contributed by atoms with Gasteiger partial charge in [-0.05, 0) is 12.3 Å². The van der Waals surface area contributed by atoms with Gasteiger partial charge in [0.2, 0.25) is 0 Å². The van der Waals surface area contributed by atoms with E-state index in [-0.39, 0.29) is 5.97 Å². The average Bonchev–Trinajstić information content (AvgIpc) is 2.68. The molecule has 4 nitrogen and oxygen atoms in total. The molecular formula is C11H18N2O2. The molecule has 0 saturated heterocycles. The van der Waals surface area contributed by atoms with Gasteiger partial charge in [-0.25, -0.2) is 9.78 Å². The third-order valence-corrected chi connectivity index (χ3v) is 2.31. The van der Waals surface area contributed by atoms with Gasteiger partial charge in [-0.2, -0.15) is 4.73 Å². The molecule has 1 aromatic rings. The summed E-state index contributed by atoms with van der Waals surface area (Å²) in [5.74, 6) is 0.390. The van der Waals surface area contributed by atoms with Gasteiger partial charge in [-0.15, -0.1) is 0 Å². The first-order valence-corrected chi connectivity index (χ1v) is 5.41. The van der Waals surface area contributed by atoms with Crippen LogP contribution in [0.4, 0.5) is 0 Å². The molecule has 0 bridgehead atoms. The van der Waals surface area contributed by atoms with E-state index < -0.39 is 0 Å². The maximum Gasteiger partial charge on any atom is 0.332 e. The molecule has 1 atom stereocenters. The zero-order chi connectivity index (χ0) is 11.1. The molecule has 0 aliphatic carbocycles. The van der Waals surface area contributed by atoms with Crippen molar-refractivity contribution in [2.75, 3.05) is 0 Å². The third kappa shape index (κ3) is 4.63. The quantitative estimate of drug-likeness (QED) is 0.721. The van der Waals surface area contributed by atoms with E-state index in [4.69, 9.17) is 4.84 Å². The van der Waals surface area contributed by atoms with Crippen molar-refractivity contribution in [2.24, 2.45) is 5.92 Å². The molecule has 0 spiro atoms. The summed E-state index contributed by atoms with van der Waals surface area (Å²) >= 11 is 0. The Morgan fingerprint density at radius 2 is 2.33 bits per heavy atom. The molecule has 0 aliphatic rings. The molecule has 0 fully saturated rings. The second-order valence-corrected chi connectivity index (χ2v) is 3.82. The fourth-order valence-corrected chi connectivity index (χ4v) is 1.47. The zero-order valence-corrected chi connectivity index (χ0v) is 9.35. The van der Waals surface area contributed by atoms with Gasteiger partial charge in [0, 0.05) is 12.6 Å². The van der Waals surface area contributed by atoms with Crippen LogP contribution in [0.3, 0.4) is 0 Å². The Morgan fingerprint density at radius 1 is 1.53 bits per heavy atom. The zero-order valence-electron chi connectivity index (χ0n) is 9.35. The fourth-order valence-electron chi connectivity index (χ4n) is 1.47. The molecule has 84 valence electrons. The summed E-state index contributed by atoms with van der Waals surface area (Å²) in [6.07, 6.45) is 8.34. The van der Waals surface area contributed by atoms with E-state index in [1.165, 1.54) is 17.5 Å². The smallest absolute Gasteiger partial charge is 0.332 e. The van der Waals surface area contributed by atoms with Crippen molar-refractivity contribution in [1.29, 1.82) is 0 Å². The number of rotatable bonds is 6. The highest BCUT2D eigenvalue weighted by molar-refractivity contribution is 5.69. The third-order valence-electron chi connectivity index (χ3n) is 2.31. The van der Waals surface area contributed by atoms with E-state index in [1.54, 1.807) is 12.4 Å². The van der Waals surface area contributed by atoms with E-state index in [9.17, 15) is 4.79 Å². The van der Waals surface area contributed by atoms with Crippen molar-refractivity contribution in [3.05, 3.63) is 18.7 Å². The van der Waals surface area contributed by atoms with Gasteiger partial charge in [-0.1, -0.05) is 26.7 Å². The van der Waals surface area contributed by atoms with Crippen LogP contribution in [0.15, 0.2) is 18.7 Å². The second-order valence-electron chi connectivity index (χ2n) is 3.82. The molecule has 0 saturated carbocycles. The molecular weight excluding hydrogens is 192 g/mol. The SMILES string of the molecule is CCCC(C)CCC(=O)On1ccnc1. The van der Waals surface area contributed by atoms with Crippen molar-refractivity contribution in [2.45, 2.75) is 39.5 Å². The van der Waals surface area contributed by atoms with Crippen molar-refractivity contribution in [3.63, 3.8) is 0 Å². The van der Waals surface area contributed by atoms with Gasteiger partial charge < -0.3 is 4.84 Å². The van der Waals surface area contributed by atoms with E-state index >= 15 is 0 Å². The molecule has 0 N–H and O–H groups in total. The summed E-state index contributed by atoms with van der Waals surface area (Å²) in [6.45, 7) is 4.31. The van der Waals surface area contributed by atoms with Crippen LogP contribution in [0.2, 0.25) is 0 Å². The van der Waals surface area contributed by atoms with E-state index in [1.807, 2.05) is 0 Å². The van der Waals surface area contributed by atoms with Crippen molar-refractivity contribution >= 4 is 5.97 Å². The van der Waals surface area contributed by atoms with Crippen LogP contribution in [0.1, 0.15) is 39.5 Å². The Hall–Kier alpha value is -1.32. The molecule has 1 heterocycles. The molecule has 0 amide bonds. The first-order valence-electron chi connectivity index (χ1n) is 5.41. The molecule has 0 radical (unpaired) electrons. The highest BCUT2D eigenvalue weighted by Crippen LogP contribution is 2.11. The standard InChI is InChI=1S/C11H18N2O2/c1-3-4-10(2)5-6-11(14)15-13-8-7-12-9-13/h7-10H,3-6H2,1-2H3. The Labute approximate surface area is 90.2 Å². The van der Waals surface area contributed by atoms with E-state index in [0.717, 1.165) is 12.8 Å². The van der Waals surface area contributed by atoms with Crippen LogP contribution in [0.5, 0.6) is 0 Å². The average molecular weight is 210 g/mol. The van der Waals surface area contributed by atoms with Gasteiger partial charge in [0.1, 0.15) is 6.33 Å². The Bertz CT molecular complexity index is 283. The fraction of sp³-hybridized carbons (Fsp3) is 0.636. The number of carbonyl (C=O) groups excluding carboxylic acids is 1. The van der Waals surface area contributed by atoms with Crippen LogP contribution in [-0.4, -0.2) is 15.7 Å². The second kappa shape index (κ2) is 6.22. The van der Waals surface area contributed by atoms with Gasteiger partial charge in [0.15, 0.2) is 0 Å². The van der Waals surface area contributed by atoms with Crippen LogP contribution in [-0.2, 0) is 4.79 Å².